The van der Waals surface area contributed by atoms with Crippen molar-refractivity contribution in [3.63, 3.8) is 0 Å². The summed E-state index contributed by atoms with van der Waals surface area (Å²) in [6.07, 6.45) is 2.11. The van der Waals surface area contributed by atoms with Crippen molar-refractivity contribution in [2.24, 2.45) is 0 Å². The average molecular weight is 222 g/mol. The van der Waals surface area contributed by atoms with E-state index in [1.54, 1.807) is 0 Å². The number of hydrogen-bond acceptors (Lipinski definition) is 3. The molecule has 0 saturated carbocycles. The van der Waals surface area contributed by atoms with E-state index in [1.807, 2.05) is 0 Å². The highest BCUT2D eigenvalue weighted by atomic mass is 16.3. The molecule has 1 aliphatic heterocycles. The van der Waals surface area contributed by atoms with Gasteiger partial charge < -0.3 is 9.73 Å². The van der Waals surface area contributed by atoms with Crippen LogP contribution in [0.3, 0.4) is 0 Å². The van der Waals surface area contributed by atoms with Crippen LogP contribution < -0.4 is 5.32 Å². The zero-order valence-corrected chi connectivity index (χ0v) is 10.3. The van der Waals surface area contributed by atoms with Crippen LogP contribution >= 0.6 is 0 Å². The van der Waals surface area contributed by atoms with E-state index in [4.69, 9.17) is 4.42 Å². The molecule has 0 bridgehead atoms. The minimum atomic E-state index is 0.461. The second-order valence-corrected chi connectivity index (χ2v) is 4.37. The number of nitrogens with one attached hydrogen (secondary N) is 1. The first-order chi connectivity index (χ1) is 7.85. The third kappa shape index (κ3) is 2.47. The first-order valence-electron chi connectivity index (χ1n) is 6.38. The van der Waals surface area contributed by atoms with Gasteiger partial charge in [-0.3, -0.25) is 4.90 Å². The number of hydrogen-bond donors (Lipinski definition) is 1. The maximum absolute atomic E-state index is 5.88. The van der Waals surface area contributed by atoms with Crippen molar-refractivity contribution in [3.8, 4) is 0 Å². The quantitative estimate of drug-likeness (QED) is 0.846. The second kappa shape index (κ2) is 5.51. The summed E-state index contributed by atoms with van der Waals surface area (Å²) >= 11 is 0. The molecule has 0 aromatic carbocycles. The highest BCUT2D eigenvalue weighted by Crippen LogP contribution is 2.26. The van der Waals surface area contributed by atoms with Crippen molar-refractivity contribution in [2.75, 3.05) is 26.2 Å². The van der Waals surface area contributed by atoms with Crippen LogP contribution in [0.25, 0.3) is 0 Å². The third-order valence-electron chi connectivity index (χ3n) is 3.34. The van der Waals surface area contributed by atoms with Gasteiger partial charge in [-0.05, 0) is 18.6 Å². The molecular formula is C13H22N2O. The van der Waals surface area contributed by atoms with E-state index in [0.29, 0.717) is 6.04 Å². The van der Waals surface area contributed by atoms with E-state index in [9.17, 15) is 0 Å². The Labute approximate surface area is 97.8 Å². The summed E-state index contributed by atoms with van der Waals surface area (Å²) in [5.74, 6) is 2.24. The molecule has 0 spiro atoms. The Morgan fingerprint density at radius 3 is 2.62 bits per heavy atom. The van der Waals surface area contributed by atoms with Gasteiger partial charge in [0.2, 0.25) is 0 Å². The van der Waals surface area contributed by atoms with Crippen molar-refractivity contribution in [2.45, 2.75) is 32.7 Å². The normalized spacial score (nSPS) is 19.9. The van der Waals surface area contributed by atoms with E-state index < -0.39 is 0 Å². The number of aryl methyl sites for hydroxylation is 1. The van der Waals surface area contributed by atoms with Crippen LogP contribution in [-0.2, 0) is 6.42 Å². The highest BCUT2D eigenvalue weighted by Gasteiger charge is 2.22. The van der Waals surface area contributed by atoms with Crippen molar-refractivity contribution in [1.82, 2.24) is 10.2 Å². The van der Waals surface area contributed by atoms with Crippen LogP contribution in [0, 0.1) is 0 Å². The van der Waals surface area contributed by atoms with Crippen LogP contribution in [-0.4, -0.2) is 31.1 Å². The Balaban J connectivity index is 2.08. The molecule has 0 aliphatic carbocycles. The van der Waals surface area contributed by atoms with Gasteiger partial charge in [-0.1, -0.05) is 13.8 Å². The minimum absolute atomic E-state index is 0.461. The molecule has 2 rings (SSSR count). The molecule has 16 heavy (non-hydrogen) atoms. The maximum atomic E-state index is 5.88. The summed E-state index contributed by atoms with van der Waals surface area (Å²) in [4.78, 5) is 2.52. The SMILES string of the molecule is CCc1ccc([C@@H](CC)N2CCNCC2)o1. The Bertz CT molecular complexity index is 315. The Morgan fingerprint density at radius 2 is 2.06 bits per heavy atom. The van der Waals surface area contributed by atoms with E-state index in [0.717, 1.165) is 50.5 Å². The predicted octanol–water partition coefficient (Wildman–Crippen LogP) is 2.20. The van der Waals surface area contributed by atoms with Crippen molar-refractivity contribution in [3.05, 3.63) is 23.7 Å². The zero-order valence-electron chi connectivity index (χ0n) is 10.3. The molecule has 1 aliphatic rings. The molecule has 2 heterocycles. The predicted molar refractivity (Wildman–Crippen MR) is 65.6 cm³/mol. The van der Waals surface area contributed by atoms with Gasteiger partial charge in [0.25, 0.3) is 0 Å². The number of nitrogens with zero attached hydrogens (tertiary/aromatic N) is 1. The van der Waals surface area contributed by atoms with Gasteiger partial charge in [0.05, 0.1) is 6.04 Å². The average Bonchev–Trinajstić information content (AvgIpc) is 2.80. The van der Waals surface area contributed by atoms with Gasteiger partial charge in [-0.2, -0.15) is 0 Å². The van der Waals surface area contributed by atoms with Gasteiger partial charge >= 0.3 is 0 Å². The summed E-state index contributed by atoms with van der Waals surface area (Å²) in [5, 5.41) is 3.39. The lowest BCUT2D eigenvalue weighted by Crippen LogP contribution is -2.44. The molecular weight excluding hydrogens is 200 g/mol. The molecule has 1 N–H and O–H groups in total. The van der Waals surface area contributed by atoms with E-state index in [1.165, 1.54) is 0 Å². The smallest absolute Gasteiger partial charge is 0.121 e. The molecule has 3 nitrogen and oxygen atoms in total. The van der Waals surface area contributed by atoms with Crippen molar-refractivity contribution in [1.29, 1.82) is 0 Å². The largest absolute Gasteiger partial charge is 0.464 e. The minimum Gasteiger partial charge on any atom is -0.464 e. The molecule has 1 aromatic rings. The van der Waals surface area contributed by atoms with Crippen molar-refractivity contribution >= 4 is 0 Å². The fraction of sp³-hybridized carbons (Fsp3) is 0.692. The molecule has 0 radical (unpaired) electrons. The lowest BCUT2D eigenvalue weighted by molar-refractivity contribution is 0.149. The monoisotopic (exact) mass is 222 g/mol. The standard InChI is InChI=1S/C13H22N2O/c1-3-11-5-6-13(16-11)12(4-2)15-9-7-14-8-10-15/h5-6,12,14H,3-4,7-10H2,1-2H3/t12-/m1/s1. The van der Waals surface area contributed by atoms with E-state index >= 15 is 0 Å². The van der Waals surface area contributed by atoms with Crippen LogP contribution in [0.2, 0.25) is 0 Å². The van der Waals surface area contributed by atoms with Gasteiger partial charge in [0.15, 0.2) is 0 Å². The molecule has 0 unspecified atom stereocenters. The fourth-order valence-electron chi connectivity index (χ4n) is 2.40. The molecule has 1 fully saturated rings. The van der Waals surface area contributed by atoms with Crippen molar-refractivity contribution < 1.29 is 4.42 Å². The number of rotatable bonds is 4. The number of furan rings is 1. The summed E-state index contributed by atoms with van der Waals surface area (Å²) in [6, 6.07) is 4.72. The van der Waals surface area contributed by atoms with Gasteiger partial charge in [-0.15, -0.1) is 0 Å². The molecule has 90 valence electrons. The lowest BCUT2D eigenvalue weighted by atomic mass is 10.1. The summed E-state index contributed by atoms with van der Waals surface area (Å²) < 4.78 is 5.88. The first-order valence-corrected chi connectivity index (χ1v) is 6.38. The van der Waals surface area contributed by atoms with Gasteiger partial charge in [0, 0.05) is 32.6 Å². The van der Waals surface area contributed by atoms with E-state index in [2.05, 4.69) is 36.2 Å². The van der Waals surface area contributed by atoms with Crippen LogP contribution in [0.15, 0.2) is 16.5 Å². The Kier molecular flexibility index (Phi) is 4.02. The van der Waals surface area contributed by atoms with Crippen LogP contribution in [0.4, 0.5) is 0 Å². The van der Waals surface area contributed by atoms with E-state index in [-0.39, 0.29) is 0 Å². The maximum Gasteiger partial charge on any atom is 0.121 e. The summed E-state index contributed by atoms with van der Waals surface area (Å²) in [5.41, 5.74) is 0. The highest BCUT2D eigenvalue weighted by molar-refractivity contribution is 5.11. The number of piperazine rings is 1. The lowest BCUT2D eigenvalue weighted by Gasteiger charge is -2.33. The molecule has 3 heteroatoms. The van der Waals surface area contributed by atoms with Gasteiger partial charge in [0.1, 0.15) is 11.5 Å². The molecule has 1 aromatic heterocycles. The Morgan fingerprint density at radius 1 is 1.31 bits per heavy atom. The summed E-state index contributed by atoms with van der Waals surface area (Å²) in [6.45, 7) is 8.81. The first kappa shape index (κ1) is 11.7. The van der Waals surface area contributed by atoms with Gasteiger partial charge in [-0.25, -0.2) is 0 Å². The van der Waals surface area contributed by atoms with Crippen LogP contribution in [0.5, 0.6) is 0 Å². The second-order valence-electron chi connectivity index (χ2n) is 4.37. The fourth-order valence-corrected chi connectivity index (χ4v) is 2.40. The Hall–Kier alpha value is -0.800. The summed E-state index contributed by atoms with van der Waals surface area (Å²) in [7, 11) is 0. The third-order valence-corrected chi connectivity index (χ3v) is 3.34. The van der Waals surface area contributed by atoms with Crippen LogP contribution in [0.1, 0.15) is 37.8 Å². The zero-order chi connectivity index (χ0) is 11.4. The molecule has 1 atom stereocenters. The molecule has 1 saturated heterocycles. The topological polar surface area (TPSA) is 28.4 Å². The molecule has 0 amide bonds.